The van der Waals surface area contributed by atoms with Gasteiger partial charge in [-0.2, -0.15) is 0 Å². The van der Waals surface area contributed by atoms with E-state index in [0.717, 1.165) is 18.8 Å². The first kappa shape index (κ1) is 16.6. The van der Waals surface area contributed by atoms with E-state index in [0.29, 0.717) is 18.2 Å². The van der Waals surface area contributed by atoms with Gasteiger partial charge in [0.25, 0.3) is 0 Å². The summed E-state index contributed by atoms with van der Waals surface area (Å²) >= 11 is 0. The highest BCUT2D eigenvalue weighted by atomic mass is 32.2. The van der Waals surface area contributed by atoms with Gasteiger partial charge in [-0.3, -0.25) is 13.9 Å². The molecule has 0 aromatic heterocycles. The minimum absolute atomic E-state index is 0.185. The molecule has 1 aliphatic rings. The van der Waals surface area contributed by atoms with E-state index in [1.165, 1.54) is 0 Å². The van der Waals surface area contributed by atoms with Crippen molar-refractivity contribution in [3.8, 4) is 0 Å². The van der Waals surface area contributed by atoms with Crippen molar-refractivity contribution in [3.63, 3.8) is 0 Å². The summed E-state index contributed by atoms with van der Waals surface area (Å²) < 4.78 is 11.7. The van der Waals surface area contributed by atoms with Gasteiger partial charge in [0.05, 0.1) is 6.54 Å². The van der Waals surface area contributed by atoms with E-state index >= 15 is 0 Å². The van der Waals surface area contributed by atoms with Crippen molar-refractivity contribution in [2.75, 3.05) is 31.1 Å². The van der Waals surface area contributed by atoms with Gasteiger partial charge in [-0.25, -0.2) is 0 Å². The Morgan fingerprint density at radius 1 is 1.32 bits per heavy atom. The number of hydrogen-bond donors (Lipinski definition) is 0. The van der Waals surface area contributed by atoms with Crippen molar-refractivity contribution in [2.24, 2.45) is 5.92 Å². The Bertz CT molecular complexity index is 323. The molecular weight excluding hydrogens is 260 g/mol. The zero-order valence-corrected chi connectivity index (χ0v) is 13.7. The fourth-order valence-electron chi connectivity index (χ4n) is 2.81. The van der Waals surface area contributed by atoms with E-state index in [4.69, 9.17) is 0 Å². The van der Waals surface area contributed by atoms with Crippen molar-refractivity contribution < 1.29 is 9.00 Å². The highest BCUT2D eigenvalue weighted by Gasteiger charge is 2.25. The van der Waals surface area contributed by atoms with Gasteiger partial charge in [0.1, 0.15) is 0 Å². The summed E-state index contributed by atoms with van der Waals surface area (Å²) in [5.74, 6) is 2.05. The van der Waals surface area contributed by atoms with Crippen molar-refractivity contribution >= 4 is 16.7 Å². The van der Waals surface area contributed by atoms with Crippen LogP contribution in [-0.4, -0.2) is 63.1 Å². The molecule has 0 aromatic carbocycles. The number of rotatable bonds is 4. The molecule has 1 saturated heterocycles. The minimum Gasteiger partial charge on any atom is -0.337 e. The van der Waals surface area contributed by atoms with E-state index in [-0.39, 0.29) is 18.0 Å². The molecule has 0 bridgehead atoms. The van der Waals surface area contributed by atoms with Crippen LogP contribution in [0.25, 0.3) is 0 Å². The molecule has 0 unspecified atom stereocenters. The summed E-state index contributed by atoms with van der Waals surface area (Å²) in [6.07, 6.45) is 0. The Balaban J connectivity index is 2.62. The lowest BCUT2D eigenvalue weighted by molar-refractivity contribution is -0.136. The summed E-state index contributed by atoms with van der Waals surface area (Å²) in [4.78, 5) is 16.5. The van der Waals surface area contributed by atoms with E-state index in [1.807, 2.05) is 4.90 Å². The van der Waals surface area contributed by atoms with Crippen molar-refractivity contribution in [2.45, 2.75) is 46.7 Å². The third kappa shape index (κ3) is 5.22. The Labute approximate surface area is 120 Å². The highest BCUT2D eigenvalue weighted by Crippen LogP contribution is 2.11. The van der Waals surface area contributed by atoms with Crippen LogP contribution in [0.1, 0.15) is 34.6 Å². The maximum absolute atomic E-state index is 12.4. The average molecular weight is 288 g/mol. The molecule has 0 saturated carbocycles. The summed E-state index contributed by atoms with van der Waals surface area (Å²) in [7, 11) is -0.718. The van der Waals surface area contributed by atoms with E-state index in [1.54, 1.807) is 0 Å². The maximum atomic E-state index is 12.4. The molecule has 4 nitrogen and oxygen atoms in total. The molecule has 0 aliphatic carbocycles. The third-order valence-corrected chi connectivity index (χ3v) is 5.01. The Morgan fingerprint density at radius 3 is 2.42 bits per heavy atom. The number of hydrogen-bond acceptors (Lipinski definition) is 3. The molecule has 1 fully saturated rings. The fraction of sp³-hybridized carbons (Fsp3) is 0.929. The predicted octanol–water partition coefficient (Wildman–Crippen LogP) is 1.33. The van der Waals surface area contributed by atoms with Crippen molar-refractivity contribution in [1.82, 2.24) is 9.80 Å². The second-order valence-corrected chi connectivity index (χ2v) is 7.76. The van der Waals surface area contributed by atoms with Crippen LogP contribution in [0.2, 0.25) is 0 Å². The lowest BCUT2D eigenvalue weighted by atomic mass is 10.2. The first-order valence-electron chi connectivity index (χ1n) is 7.19. The van der Waals surface area contributed by atoms with E-state index in [2.05, 4.69) is 39.5 Å². The lowest BCUT2D eigenvalue weighted by Gasteiger charge is -2.33. The van der Waals surface area contributed by atoms with Gasteiger partial charge in [0.15, 0.2) is 0 Å². The molecule has 0 N–H and O–H groups in total. The molecule has 5 heteroatoms. The number of amides is 1. The smallest absolute Gasteiger partial charge is 0.237 e. The zero-order valence-electron chi connectivity index (χ0n) is 12.9. The average Bonchev–Trinajstić information content (AvgIpc) is 2.38. The summed E-state index contributed by atoms with van der Waals surface area (Å²) in [6.45, 7) is 12.4. The Morgan fingerprint density at radius 2 is 1.89 bits per heavy atom. The number of nitrogens with zero attached hydrogens (tertiary/aromatic N) is 2. The minimum atomic E-state index is -0.718. The molecule has 19 heavy (non-hydrogen) atoms. The standard InChI is InChI=1S/C14H28N2O2S/c1-11(2)16(12(3)4)14(17)9-15-6-7-19(18)10-13(5)8-15/h11-13H,6-10H2,1-5H3/t13-,19-/m1/s1. The summed E-state index contributed by atoms with van der Waals surface area (Å²) in [5.41, 5.74) is 0. The van der Waals surface area contributed by atoms with Crippen LogP contribution in [-0.2, 0) is 15.6 Å². The first-order chi connectivity index (χ1) is 8.81. The van der Waals surface area contributed by atoms with Crippen LogP contribution < -0.4 is 0 Å². The van der Waals surface area contributed by atoms with Crippen LogP contribution in [0, 0.1) is 5.92 Å². The summed E-state index contributed by atoms with van der Waals surface area (Å²) in [6, 6.07) is 0.456. The van der Waals surface area contributed by atoms with Gasteiger partial charge >= 0.3 is 0 Å². The normalized spacial score (nSPS) is 25.6. The molecule has 1 aliphatic heterocycles. The van der Waals surface area contributed by atoms with Gasteiger partial charge in [-0.1, -0.05) is 6.92 Å². The molecule has 0 radical (unpaired) electrons. The Kier molecular flexibility index (Phi) is 6.47. The fourth-order valence-corrected chi connectivity index (χ4v) is 4.17. The van der Waals surface area contributed by atoms with Crippen LogP contribution in [0.5, 0.6) is 0 Å². The lowest BCUT2D eigenvalue weighted by Crippen LogP contribution is -2.48. The topological polar surface area (TPSA) is 40.6 Å². The van der Waals surface area contributed by atoms with E-state index in [9.17, 15) is 9.00 Å². The monoisotopic (exact) mass is 288 g/mol. The maximum Gasteiger partial charge on any atom is 0.237 e. The van der Waals surface area contributed by atoms with Crippen LogP contribution in [0.15, 0.2) is 0 Å². The van der Waals surface area contributed by atoms with Gasteiger partial charge < -0.3 is 4.90 Å². The zero-order chi connectivity index (χ0) is 14.6. The van der Waals surface area contributed by atoms with Crippen LogP contribution in [0.3, 0.4) is 0 Å². The number of carbonyl (C=O) groups excluding carboxylic acids is 1. The second-order valence-electron chi connectivity index (χ2n) is 6.14. The largest absolute Gasteiger partial charge is 0.337 e. The first-order valence-corrected chi connectivity index (χ1v) is 8.68. The molecule has 0 aromatic rings. The van der Waals surface area contributed by atoms with E-state index < -0.39 is 10.8 Å². The van der Waals surface area contributed by atoms with Gasteiger partial charge in [-0.05, 0) is 33.6 Å². The molecule has 1 amide bonds. The molecule has 1 heterocycles. The number of carbonyl (C=O) groups is 1. The van der Waals surface area contributed by atoms with Crippen molar-refractivity contribution in [3.05, 3.63) is 0 Å². The van der Waals surface area contributed by atoms with Gasteiger partial charge in [-0.15, -0.1) is 0 Å². The third-order valence-electron chi connectivity index (χ3n) is 3.44. The quantitative estimate of drug-likeness (QED) is 0.784. The molecule has 0 spiro atoms. The Hall–Kier alpha value is -0.420. The molecule has 1 rings (SSSR count). The van der Waals surface area contributed by atoms with Crippen molar-refractivity contribution in [1.29, 1.82) is 0 Å². The highest BCUT2D eigenvalue weighted by molar-refractivity contribution is 7.85. The molecular formula is C14H28N2O2S. The predicted molar refractivity (Wildman–Crippen MR) is 80.6 cm³/mol. The van der Waals surface area contributed by atoms with Crippen LogP contribution >= 0.6 is 0 Å². The van der Waals surface area contributed by atoms with Crippen LogP contribution in [0.4, 0.5) is 0 Å². The summed E-state index contributed by atoms with van der Waals surface area (Å²) in [5, 5.41) is 0. The molecule has 112 valence electrons. The van der Waals surface area contributed by atoms with Gasteiger partial charge in [0, 0.05) is 47.5 Å². The SMILES string of the molecule is CC(C)N(C(=O)CN1CC[S@@](=O)C[C@H](C)C1)C(C)C. The van der Waals surface area contributed by atoms with Gasteiger partial charge in [0.2, 0.25) is 5.91 Å². The second kappa shape index (κ2) is 7.39. The molecule has 2 atom stereocenters.